The predicted octanol–water partition coefficient (Wildman–Crippen LogP) is 1.41. The Labute approximate surface area is 118 Å². The number of ether oxygens (including phenoxy) is 2. The fourth-order valence-electron chi connectivity index (χ4n) is 2.30. The van der Waals surface area contributed by atoms with Crippen LogP contribution in [0.4, 0.5) is 0 Å². The van der Waals surface area contributed by atoms with E-state index in [1.165, 1.54) is 6.07 Å². The summed E-state index contributed by atoms with van der Waals surface area (Å²) >= 11 is 0. The van der Waals surface area contributed by atoms with E-state index in [-0.39, 0.29) is 17.3 Å². The van der Waals surface area contributed by atoms with Gasteiger partial charge in [0.05, 0.1) is 9.73 Å². The van der Waals surface area contributed by atoms with Crippen LogP contribution in [-0.4, -0.2) is 37.3 Å². The standard InChI is InChI=1S/C12H15NO5S2/c14-19(8-1-2-9-19)13-20(15,16)11-5-3-4-10-12(11)18-7-6-17-10/h3-5H,1-2,6-9H2. The van der Waals surface area contributed by atoms with Crippen LogP contribution in [0.5, 0.6) is 11.5 Å². The Morgan fingerprint density at radius 3 is 2.55 bits per heavy atom. The lowest BCUT2D eigenvalue weighted by Crippen LogP contribution is -2.17. The Bertz CT molecular complexity index is 735. The SMILES string of the molecule is O=S(=O)(N=S1(=O)CCCC1)c1cccc2c1OCCO2. The minimum absolute atomic E-state index is 0.0654. The van der Waals surface area contributed by atoms with Crippen LogP contribution in [0.25, 0.3) is 0 Å². The molecule has 110 valence electrons. The van der Waals surface area contributed by atoms with Crippen LogP contribution >= 0.6 is 0 Å². The highest BCUT2D eigenvalue weighted by atomic mass is 32.3. The van der Waals surface area contributed by atoms with Crippen molar-refractivity contribution in [1.82, 2.24) is 0 Å². The minimum Gasteiger partial charge on any atom is -0.486 e. The van der Waals surface area contributed by atoms with Crippen LogP contribution in [0, 0.1) is 0 Å². The zero-order valence-corrected chi connectivity index (χ0v) is 12.4. The Balaban J connectivity index is 2.11. The first-order valence-corrected chi connectivity index (χ1v) is 9.67. The normalized spacial score (nSPS) is 20.6. The van der Waals surface area contributed by atoms with E-state index in [0.29, 0.717) is 23.9 Å². The van der Waals surface area contributed by atoms with Crippen molar-refractivity contribution in [3.8, 4) is 11.5 Å². The molecule has 0 bridgehead atoms. The van der Waals surface area contributed by atoms with Crippen LogP contribution in [0.3, 0.4) is 0 Å². The molecule has 2 aliphatic heterocycles. The number of hydrogen-bond donors (Lipinski definition) is 0. The monoisotopic (exact) mass is 317 g/mol. The van der Waals surface area contributed by atoms with Crippen molar-refractivity contribution in [1.29, 1.82) is 0 Å². The molecule has 1 fully saturated rings. The molecule has 8 heteroatoms. The van der Waals surface area contributed by atoms with Gasteiger partial charge in [-0.05, 0) is 25.0 Å². The van der Waals surface area contributed by atoms with Gasteiger partial charge >= 0.3 is 0 Å². The summed E-state index contributed by atoms with van der Waals surface area (Å²) in [5.74, 6) is 1.24. The molecule has 1 aromatic carbocycles. The lowest BCUT2D eigenvalue weighted by molar-refractivity contribution is 0.167. The van der Waals surface area contributed by atoms with Gasteiger partial charge in [-0.1, -0.05) is 6.07 Å². The summed E-state index contributed by atoms with van der Waals surface area (Å²) in [4.78, 5) is -0.0654. The number of rotatable bonds is 2. The minimum atomic E-state index is -4.00. The molecule has 0 aliphatic carbocycles. The second kappa shape index (κ2) is 4.92. The van der Waals surface area contributed by atoms with E-state index in [2.05, 4.69) is 3.77 Å². The maximum atomic E-state index is 12.4. The third-order valence-electron chi connectivity index (χ3n) is 3.22. The first kappa shape index (κ1) is 13.7. The number of para-hydroxylation sites is 1. The lowest BCUT2D eigenvalue weighted by Gasteiger charge is -2.20. The molecule has 6 nitrogen and oxygen atoms in total. The average Bonchev–Trinajstić information content (AvgIpc) is 2.83. The Morgan fingerprint density at radius 1 is 1.10 bits per heavy atom. The van der Waals surface area contributed by atoms with E-state index < -0.39 is 19.8 Å². The smallest absolute Gasteiger partial charge is 0.293 e. The zero-order valence-electron chi connectivity index (χ0n) is 10.8. The van der Waals surface area contributed by atoms with Gasteiger partial charge in [0.25, 0.3) is 10.0 Å². The molecule has 0 radical (unpaired) electrons. The molecule has 2 heterocycles. The van der Waals surface area contributed by atoms with E-state index in [1.807, 2.05) is 0 Å². The van der Waals surface area contributed by atoms with Crippen molar-refractivity contribution < 1.29 is 22.1 Å². The summed E-state index contributed by atoms with van der Waals surface area (Å²) in [5, 5.41) is 0. The molecule has 1 saturated heterocycles. The van der Waals surface area contributed by atoms with Gasteiger partial charge in [0, 0.05) is 11.5 Å². The van der Waals surface area contributed by atoms with Gasteiger partial charge in [-0.15, -0.1) is 3.77 Å². The molecule has 0 aromatic heterocycles. The second-order valence-electron chi connectivity index (χ2n) is 4.72. The molecule has 20 heavy (non-hydrogen) atoms. The third kappa shape index (κ3) is 2.49. The first-order chi connectivity index (χ1) is 9.50. The average molecular weight is 317 g/mol. The van der Waals surface area contributed by atoms with E-state index >= 15 is 0 Å². The summed E-state index contributed by atoms with van der Waals surface area (Å²) in [6.07, 6.45) is 1.51. The zero-order chi connectivity index (χ0) is 14.2. The van der Waals surface area contributed by atoms with Gasteiger partial charge in [0.1, 0.15) is 18.1 Å². The number of hydrogen-bond acceptors (Lipinski definition) is 5. The summed E-state index contributed by atoms with van der Waals surface area (Å²) < 4.78 is 51.5. The molecule has 2 aliphatic rings. The molecule has 0 unspecified atom stereocenters. The molecular weight excluding hydrogens is 302 g/mol. The fourth-order valence-corrected chi connectivity index (χ4v) is 6.81. The maximum Gasteiger partial charge on any atom is 0.293 e. The summed E-state index contributed by atoms with van der Waals surface area (Å²) in [5.41, 5.74) is 0. The van der Waals surface area contributed by atoms with Gasteiger partial charge in [-0.3, -0.25) is 0 Å². The van der Waals surface area contributed by atoms with Gasteiger partial charge < -0.3 is 9.47 Å². The molecule has 3 rings (SSSR count). The first-order valence-electron chi connectivity index (χ1n) is 6.38. The Hall–Kier alpha value is -1.28. The number of benzene rings is 1. The number of sulfonamides is 1. The Kier molecular flexibility index (Phi) is 3.37. The summed E-state index contributed by atoms with van der Waals surface area (Å²) in [6.45, 7) is 0.666. The van der Waals surface area contributed by atoms with Crippen LogP contribution in [0.1, 0.15) is 12.8 Å². The van der Waals surface area contributed by atoms with Crippen LogP contribution in [-0.2, 0) is 19.8 Å². The van der Waals surface area contributed by atoms with Crippen molar-refractivity contribution in [3.63, 3.8) is 0 Å². The van der Waals surface area contributed by atoms with Crippen molar-refractivity contribution >= 4 is 19.8 Å². The van der Waals surface area contributed by atoms with Gasteiger partial charge in [-0.2, -0.15) is 8.42 Å². The van der Waals surface area contributed by atoms with Crippen molar-refractivity contribution in [3.05, 3.63) is 18.2 Å². The topological polar surface area (TPSA) is 82.0 Å². The fraction of sp³-hybridized carbons (Fsp3) is 0.500. The number of nitrogens with zero attached hydrogens (tertiary/aromatic N) is 1. The lowest BCUT2D eigenvalue weighted by atomic mass is 10.3. The maximum absolute atomic E-state index is 12.4. The van der Waals surface area contributed by atoms with Crippen molar-refractivity contribution in [2.45, 2.75) is 17.7 Å². The van der Waals surface area contributed by atoms with Gasteiger partial charge in [-0.25, -0.2) is 4.21 Å². The number of fused-ring (bicyclic) bond motifs is 1. The van der Waals surface area contributed by atoms with E-state index in [9.17, 15) is 12.6 Å². The van der Waals surface area contributed by atoms with Crippen LogP contribution in [0.2, 0.25) is 0 Å². The van der Waals surface area contributed by atoms with E-state index in [0.717, 1.165) is 12.8 Å². The molecule has 0 N–H and O–H groups in total. The molecule has 1 aromatic rings. The molecular formula is C12H15NO5S2. The van der Waals surface area contributed by atoms with Gasteiger partial charge in [0.15, 0.2) is 11.5 Å². The largest absolute Gasteiger partial charge is 0.486 e. The Morgan fingerprint density at radius 2 is 1.80 bits per heavy atom. The molecule has 0 spiro atoms. The quantitative estimate of drug-likeness (QED) is 0.823. The predicted molar refractivity (Wildman–Crippen MR) is 74.2 cm³/mol. The molecule has 0 amide bonds. The van der Waals surface area contributed by atoms with Crippen LogP contribution < -0.4 is 9.47 Å². The van der Waals surface area contributed by atoms with Crippen molar-refractivity contribution in [2.75, 3.05) is 24.7 Å². The van der Waals surface area contributed by atoms with E-state index in [4.69, 9.17) is 9.47 Å². The highest BCUT2D eigenvalue weighted by Gasteiger charge is 2.28. The molecule has 0 saturated carbocycles. The summed E-state index contributed by atoms with van der Waals surface area (Å²) in [7, 11) is -6.64. The van der Waals surface area contributed by atoms with Crippen molar-refractivity contribution in [2.24, 2.45) is 3.77 Å². The van der Waals surface area contributed by atoms with Crippen LogP contribution in [0.15, 0.2) is 26.9 Å². The highest BCUT2D eigenvalue weighted by molar-refractivity contribution is 8.03. The van der Waals surface area contributed by atoms with E-state index in [1.54, 1.807) is 12.1 Å². The third-order valence-corrected chi connectivity index (χ3v) is 7.82. The summed E-state index contributed by atoms with van der Waals surface area (Å²) in [6, 6.07) is 4.62. The molecule has 0 atom stereocenters. The highest BCUT2D eigenvalue weighted by Crippen LogP contribution is 2.37. The second-order valence-corrected chi connectivity index (χ2v) is 9.07. The van der Waals surface area contributed by atoms with Gasteiger partial charge in [0.2, 0.25) is 0 Å².